The number of aliphatic hydroxyl groups excluding tert-OH is 1. The van der Waals surface area contributed by atoms with Crippen molar-refractivity contribution in [3.63, 3.8) is 0 Å². The first-order chi connectivity index (χ1) is 9.56. The van der Waals surface area contributed by atoms with Crippen LogP contribution >= 0.6 is 15.9 Å². The summed E-state index contributed by atoms with van der Waals surface area (Å²) in [6.45, 7) is 0.593. The molecule has 0 saturated heterocycles. The zero-order valence-electron chi connectivity index (χ0n) is 10.4. The maximum atomic E-state index is 13.9. The van der Waals surface area contributed by atoms with Gasteiger partial charge in [0.25, 0.3) is 0 Å². The van der Waals surface area contributed by atoms with Crippen LogP contribution in [0.2, 0.25) is 0 Å². The minimum atomic E-state index is -1.34. The van der Waals surface area contributed by atoms with E-state index in [1.807, 2.05) is 0 Å². The summed E-state index contributed by atoms with van der Waals surface area (Å²) in [5.41, 5.74) is 1.06. The van der Waals surface area contributed by atoms with Gasteiger partial charge in [-0.05, 0) is 35.4 Å². The molecule has 1 aliphatic rings. The van der Waals surface area contributed by atoms with E-state index < -0.39 is 17.7 Å². The second-order valence-electron chi connectivity index (χ2n) is 4.65. The minimum Gasteiger partial charge on any atom is -0.493 e. The second kappa shape index (κ2) is 5.14. The van der Waals surface area contributed by atoms with Crippen molar-refractivity contribution in [1.29, 1.82) is 0 Å². The number of rotatable bonds is 2. The van der Waals surface area contributed by atoms with Crippen LogP contribution in [0.5, 0.6) is 5.75 Å². The smallest absolute Gasteiger partial charge is 0.133 e. The van der Waals surface area contributed by atoms with E-state index in [1.165, 1.54) is 0 Å². The summed E-state index contributed by atoms with van der Waals surface area (Å²) in [6, 6.07) is 7.34. The summed E-state index contributed by atoms with van der Waals surface area (Å²) >= 11 is 3.01. The Balaban J connectivity index is 2.03. The van der Waals surface area contributed by atoms with Crippen molar-refractivity contribution >= 4 is 15.9 Å². The fourth-order valence-electron chi connectivity index (χ4n) is 2.36. The topological polar surface area (TPSA) is 29.5 Å². The number of ether oxygens (including phenoxy) is 1. The lowest BCUT2D eigenvalue weighted by Crippen LogP contribution is -2.06. The monoisotopic (exact) mass is 340 g/mol. The summed E-state index contributed by atoms with van der Waals surface area (Å²) < 4.78 is 33.4. The summed E-state index contributed by atoms with van der Waals surface area (Å²) in [4.78, 5) is 0. The molecule has 0 aromatic heterocycles. The largest absolute Gasteiger partial charge is 0.493 e. The molecular weight excluding hydrogens is 330 g/mol. The summed E-state index contributed by atoms with van der Waals surface area (Å²) in [5, 5.41) is 10.2. The second-order valence-corrected chi connectivity index (χ2v) is 5.57. The molecule has 0 bridgehead atoms. The van der Waals surface area contributed by atoms with Gasteiger partial charge < -0.3 is 9.84 Å². The summed E-state index contributed by atoms with van der Waals surface area (Å²) in [6.07, 6.45) is -0.602. The van der Waals surface area contributed by atoms with E-state index in [0.717, 1.165) is 29.9 Å². The number of aliphatic hydroxyl groups is 1. The van der Waals surface area contributed by atoms with Crippen molar-refractivity contribution < 1.29 is 18.6 Å². The van der Waals surface area contributed by atoms with Crippen LogP contribution in [0.1, 0.15) is 22.8 Å². The van der Waals surface area contributed by atoms with Gasteiger partial charge in [0.1, 0.15) is 23.5 Å². The van der Waals surface area contributed by atoms with Gasteiger partial charge in [-0.3, -0.25) is 0 Å². The van der Waals surface area contributed by atoms with Crippen molar-refractivity contribution in [2.24, 2.45) is 0 Å². The Kier molecular flexibility index (Phi) is 3.48. The highest BCUT2D eigenvalue weighted by Gasteiger charge is 2.22. The Labute approximate surface area is 123 Å². The third-order valence-electron chi connectivity index (χ3n) is 3.35. The molecule has 5 heteroatoms. The molecule has 0 fully saturated rings. The zero-order valence-corrected chi connectivity index (χ0v) is 12.0. The molecular formula is C15H11BrF2O2. The molecule has 1 N–H and O–H groups in total. The molecule has 104 valence electrons. The van der Waals surface area contributed by atoms with Gasteiger partial charge >= 0.3 is 0 Å². The average Bonchev–Trinajstić information content (AvgIpc) is 2.84. The molecule has 3 rings (SSSR count). The maximum Gasteiger partial charge on any atom is 0.133 e. The molecule has 0 amide bonds. The van der Waals surface area contributed by atoms with Gasteiger partial charge in [0.15, 0.2) is 0 Å². The van der Waals surface area contributed by atoms with E-state index in [-0.39, 0.29) is 5.56 Å². The number of hydrogen-bond donors (Lipinski definition) is 1. The van der Waals surface area contributed by atoms with Crippen LogP contribution in [0.4, 0.5) is 8.78 Å². The Morgan fingerprint density at radius 3 is 2.55 bits per heavy atom. The lowest BCUT2D eigenvalue weighted by Gasteiger charge is -2.14. The molecule has 1 atom stereocenters. The third-order valence-corrected chi connectivity index (χ3v) is 3.80. The van der Waals surface area contributed by atoms with Gasteiger partial charge in [-0.1, -0.05) is 22.0 Å². The fraction of sp³-hybridized carbons (Fsp3) is 0.200. The van der Waals surface area contributed by atoms with Gasteiger partial charge in [0.2, 0.25) is 0 Å². The summed E-state index contributed by atoms with van der Waals surface area (Å²) in [7, 11) is 0. The first-order valence-electron chi connectivity index (χ1n) is 6.14. The molecule has 0 radical (unpaired) electrons. The van der Waals surface area contributed by atoms with Crippen molar-refractivity contribution in [3.8, 4) is 5.75 Å². The predicted molar refractivity (Wildman–Crippen MR) is 73.8 cm³/mol. The van der Waals surface area contributed by atoms with E-state index in [1.54, 1.807) is 18.2 Å². The molecule has 1 unspecified atom stereocenters. The molecule has 1 aliphatic heterocycles. The van der Waals surface area contributed by atoms with E-state index in [4.69, 9.17) is 4.74 Å². The van der Waals surface area contributed by atoms with Crippen LogP contribution < -0.4 is 4.74 Å². The number of halogens is 3. The minimum absolute atomic E-state index is 0.297. The number of benzene rings is 2. The van der Waals surface area contributed by atoms with Gasteiger partial charge in [-0.2, -0.15) is 0 Å². The molecule has 0 aliphatic carbocycles. The Bertz CT molecular complexity index is 650. The molecule has 2 aromatic rings. The van der Waals surface area contributed by atoms with Crippen molar-refractivity contribution in [1.82, 2.24) is 0 Å². The molecule has 0 saturated carbocycles. The van der Waals surface area contributed by atoms with E-state index in [9.17, 15) is 13.9 Å². The molecule has 20 heavy (non-hydrogen) atoms. The lowest BCUT2D eigenvalue weighted by atomic mass is 9.98. The van der Waals surface area contributed by atoms with Crippen LogP contribution in [-0.2, 0) is 6.42 Å². The standard InChI is InChI=1S/C15H11BrF2O2/c16-10-6-11(17)14(12(18)7-10)15(19)9-1-2-13-8(5-9)3-4-20-13/h1-2,5-7,15,19H,3-4H2. The fourth-order valence-corrected chi connectivity index (χ4v) is 2.76. The molecule has 2 aromatic carbocycles. The van der Waals surface area contributed by atoms with Crippen LogP contribution in [0.3, 0.4) is 0 Å². The van der Waals surface area contributed by atoms with E-state index in [0.29, 0.717) is 16.6 Å². The van der Waals surface area contributed by atoms with Crippen LogP contribution in [0.25, 0.3) is 0 Å². The highest BCUT2D eigenvalue weighted by atomic mass is 79.9. The average molecular weight is 341 g/mol. The predicted octanol–water partition coefficient (Wildman–Crippen LogP) is 3.74. The SMILES string of the molecule is OC(c1ccc2c(c1)CCO2)c1c(F)cc(Br)cc1F. The molecule has 0 spiro atoms. The number of fused-ring (bicyclic) bond motifs is 1. The number of hydrogen-bond acceptors (Lipinski definition) is 2. The lowest BCUT2D eigenvalue weighted by molar-refractivity contribution is 0.209. The van der Waals surface area contributed by atoms with Crippen molar-refractivity contribution in [2.75, 3.05) is 6.61 Å². The van der Waals surface area contributed by atoms with E-state index in [2.05, 4.69) is 15.9 Å². The highest BCUT2D eigenvalue weighted by Crippen LogP contribution is 2.33. The highest BCUT2D eigenvalue weighted by molar-refractivity contribution is 9.10. The first kappa shape index (κ1) is 13.5. The molecule has 2 nitrogen and oxygen atoms in total. The Hall–Kier alpha value is -1.46. The normalized spacial score (nSPS) is 14.8. The van der Waals surface area contributed by atoms with Crippen LogP contribution in [0, 0.1) is 11.6 Å². The van der Waals surface area contributed by atoms with Gasteiger partial charge in [-0.15, -0.1) is 0 Å². The zero-order chi connectivity index (χ0) is 14.3. The van der Waals surface area contributed by atoms with Gasteiger partial charge in [-0.25, -0.2) is 8.78 Å². The Morgan fingerprint density at radius 1 is 1.15 bits per heavy atom. The van der Waals surface area contributed by atoms with Crippen LogP contribution in [0.15, 0.2) is 34.8 Å². The van der Waals surface area contributed by atoms with E-state index >= 15 is 0 Å². The quantitative estimate of drug-likeness (QED) is 0.902. The first-order valence-corrected chi connectivity index (χ1v) is 6.93. The van der Waals surface area contributed by atoms with Crippen molar-refractivity contribution in [3.05, 3.63) is 63.1 Å². The van der Waals surface area contributed by atoms with Crippen molar-refractivity contribution in [2.45, 2.75) is 12.5 Å². The van der Waals surface area contributed by atoms with Crippen LogP contribution in [-0.4, -0.2) is 11.7 Å². The van der Waals surface area contributed by atoms with Gasteiger partial charge in [0, 0.05) is 10.9 Å². The Morgan fingerprint density at radius 2 is 1.85 bits per heavy atom. The molecule has 1 heterocycles. The summed E-state index contributed by atoms with van der Waals surface area (Å²) in [5.74, 6) is -0.792. The maximum absolute atomic E-state index is 13.9. The third kappa shape index (κ3) is 2.31. The van der Waals surface area contributed by atoms with Gasteiger partial charge in [0.05, 0.1) is 12.2 Å².